The zero-order valence-electron chi connectivity index (χ0n) is 15.5. The molecule has 0 amide bonds. The number of nitrogens with zero attached hydrogens (tertiary/aromatic N) is 1. The SMILES string of the molecule is C=C(NC(C(=O)OC)=C(Cl)C(=N)N(C)Cc1ccc(C(F)(F)F)cc1)C1CC1. The van der Waals surface area contributed by atoms with Crippen LogP contribution in [0.3, 0.4) is 0 Å². The van der Waals surface area contributed by atoms with Crippen LogP contribution >= 0.6 is 11.6 Å². The zero-order chi connectivity index (χ0) is 21.1. The molecule has 2 rings (SSSR count). The van der Waals surface area contributed by atoms with Crippen molar-refractivity contribution in [1.82, 2.24) is 10.2 Å². The number of ether oxygens (including phenoxy) is 1. The van der Waals surface area contributed by atoms with Crippen LogP contribution in [0.1, 0.15) is 24.0 Å². The Balaban J connectivity index is 2.14. The van der Waals surface area contributed by atoms with Crippen LogP contribution < -0.4 is 5.32 Å². The third-order valence-electron chi connectivity index (χ3n) is 4.26. The van der Waals surface area contributed by atoms with Crippen LogP contribution in [0.15, 0.2) is 47.3 Å². The number of rotatable bonds is 7. The zero-order valence-corrected chi connectivity index (χ0v) is 16.2. The summed E-state index contributed by atoms with van der Waals surface area (Å²) in [6, 6.07) is 4.62. The molecule has 5 nitrogen and oxygen atoms in total. The van der Waals surface area contributed by atoms with Crippen LogP contribution in [0, 0.1) is 11.3 Å². The predicted octanol–water partition coefficient (Wildman–Crippen LogP) is 4.25. The van der Waals surface area contributed by atoms with Crippen molar-refractivity contribution in [2.24, 2.45) is 5.92 Å². The van der Waals surface area contributed by atoms with E-state index in [0.717, 1.165) is 25.0 Å². The Hall–Kier alpha value is -2.48. The first-order valence-corrected chi connectivity index (χ1v) is 8.82. The van der Waals surface area contributed by atoms with E-state index in [-0.39, 0.29) is 29.0 Å². The fourth-order valence-corrected chi connectivity index (χ4v) is 2.70. The van der Waals surface area contributed by atoms with Gasteiger partial charge in [0.05, 0.1) is 12.7 Å². The molecule has 0 spiro atoms. The van der Waals surface area contributed by atoms with E-state index in [0.29, 0.717) is 11.3 Å². The number of allylic oxidation sites excluding steroid dienone is 1. The average Bonchev–Trinajstić information content (AvgIpc) is 3.49. The number of carbonyl (C=O) groups is 1. The van der Waals surface area contributed by atoms with Gasteiger partial charge in [-0.2, -0.15) is 13.2 Å². The molecular weight excluding hydrogens is 395 g/mol. The maximum absolute atomic E-state index is 12.7. The summed E-state index contributed by atoms with van der Waals surface area (Å²) in [5, 5.41) is 10.9. The van der Waals surface area contributed by atoms with Gasteiger partial charge in [0.1, 0.15) is 16.6 Å². The topological polar surface area (TPSA) is 65.4 Å². The molecule has 1 aromatic rings. The van der Waals surface area contributed by atoms with Gasteiger partial charge in [-0.1, -0.05) is 30.3 Å². The largest absolute Gasteiger partial charge is 0.464 e. The van der Waals surface area contributed by atoms with Gasteiger partial charge in [0.15, 0.2) is 0 Å². The lowest BCUT2D eigenvalue weighted by Gasteiger charge is -2.22. The molecule has 0 heterocycles. The van der Waals surface area contributed by atoms with Crippen LogP contribution in [-0.4, -0.2) is 30.9 Å². The predicted molar refractivity (Wildman–Crippen MR) is 101 cm³/mol. The van der Waals surface area contributed by atoms with Crippen molar-refractivity contribution >= 4 is 23.4 Å². The van der Waals surface area contributed by atoms with E-state index in [4.69, 9.17) is 21.7 Å². The van der Waals surface area contributed by atoms with Crippen molar-refractivity contribution in [2.75, 3.05) is 14.2 Å². The monoisotopic (exact) mass is 415 g/mol. The summed E-state index contributed by atoms with van der Waals surface area (Å²) < 4.78 is 42.7. The van der Waals surface area contributed by atoms with Gasteiger partial charge in [0.25, 0.3) is 0 Å². The van der Waals surface area contributed by atoms with E-state index in [1.807, 2.05) is 0 Å². The molecule has 0 bridgehead atoms. The lowest BCUT2D eigenvalue weighted by atomic mass is 10.1. The third kappa shape index (κ3) is 5.51. The standard InChI is InChI=1S/C19H21ClF3N3O2/c1-11(13-6-7-13)25-16(18(27)28-3)15(20)17(24)26(2)10-12-4-8-14(9-5-12)19(21,22)23/h4-5,8-9,13,24-25H,1,6-7,10H2,2-3H3. The minimum atomic E-state index is -4.41. The van der Waals surface area contributed by atoms with Crippen LogP contribution in [0.4, 0.5) is 13.2 Å². The number of nitrogens with one attached hydrogen (secondary N) is 2. The molecule has 1 fully saturated rings. The molecule has 0 radical (unpaired) electrons. The number of benzene rings is 1. The quantitative estimate of drug-likeness (QED) is 0.302. The first-order valence-electron chi connectivity index (χ1n) is 8.44. The number of likely N-dealkylation sites (N-methyl/N-ethyl adjacent to an activating group) is 1. The average molecular weight is 416 g/mol. The Labute approximate surface area is 166 Å². The first kappa shape index (κ1) is 21.8. The number of methoxy groups -OCH3 is 1. The highest BCUT2D eigenvalue weighted by Crippen LogP contribution is 2.35. The molecule has 1 saturated carbocycles. The summed E-state index contributed by atoms with van der Waals surface area (Å²) in [5.74, 6) is -0.666. The van der Waals surface area contributed by atoms with Gasteiger partial charge in [0.2, 0.25) is 0 Å². The molecule has 0 unspecified atom stereocenters. The summed E-state index contributed by atoms with van der Waals surface area (Å²) in [6.07, 6.45) is -2.49. The summed E-state index contributed by atoms with van der Waals surface area (Å²) in [4.78, 5) is 13.5. The van der Waals surface area contributed by atoms with Crippen molar-refractivity contribution in [2.45, 2.75) is 25.6 Å². The van der Waals surface area contributed by atoms with Crippen LogP contribution in [0.5, 0.6) is 0 Å². The molecule has 9 heteroatoms. The van der Waals surface area contributed by atoms with Crippen molar-refractivity contribution in [3.8, 4) is 0 Å². The highest BCUT2D eigenvalue weighted by Gasteiger charge is 2.30. The molecule has 0 aliphatic heterocycles. The number of halogens is 4. The Morgan fingerprint density at radius 1 is 1.36 bits per heavy atom. The van der Waals surface area contributed by atoms with E-state index >= 15 is 0 Å². The number of carbonyl (C=O) groups excluding carboxylic acids is 1. The lowest BCUT2D eigenvalue weighted by molar-refractivity contribution is -0.138. The number of hydrogen-bond acceptors (Lipinski definition) is 4. The summed E-state index contributed by atoms with van der Waals surface area (Å²) in [7, 11) is 2.75. The summed E-state index contributed by atoms with van der Waals surface area (Å²) in [5.41, 5.74) is 0.337. The second-order valence-electron chi connectivity index (χ2n) is 6.50. The van der Waals surface area contributed by atoms with E-state index in [9.17, 15) is 18.0 Å². The molecule has 2 N–H and O–H groups in total. The van der Waals surface area contributed by atoms with Gasteiger partial charge in [-0.3, -0.25) is 5.41 Å². The summed E-state index contributed by atoms with van der Waals surface area (Å²) >= 11 is 6.25. The first-order chi connectivity index (χ1) is 13.0. The molecule has 0 atom stereocenters. The maximum Gasteiger partial charge on any atom is 0.416 e. The number of amidine groups is 1. The number of hydrogen-bond donors (Lipinski definition) is 2. The second kappa shape index (κ2) is 8.68. The maximum atomic E-state index is 12.7. The van der Waals surface area contributed by atoms with Crippen molar-refractivity contribution in [3.05, 3.63) is 58.4 Å². The van der Waals surface area contributed by atoms with Crippen LogP contribution in [-0.2, 0) is 22.3 Å². The van der Waals surface area contributed by atoms with Crippen LogP contribution in [0.2, 0.25) is 0 Å². The van der Waals surface area contributed by atoms with E-state index in [1.54, 1.807) is 7.05 Å². The highest BCUT2D eigenvalue weighted by atomic mass is 35.5. The van der Waals surface area contributed by atoms with Crippen molar-refractivity contribution in [3.63, 3.8) is 0 Å². The normalized spacial score (nSPS) is 14.8. The minimum absolute atomic E-state index is 0.0923. The molecule has 1 aliphatic carbocycles. The van der Waals surface area contributed by atoms with Gasteiger partial charge in [0, 0.05) is 19.3 Å². The molecule has 1 aliphatic rings. The van der Waals surface area contributed by atoms with E-state index in [2.05, 4.69) is 11.9 Å². The Morgan fingerprint density at radius 2 is 1.93 bits per heavy atom. The molecule has 0 aromatic heterocycles. The van der Waals surface area contributed by atoms with Gasteiger partial charge in [-0.05, 0) is 36.5 Å². The Bertz CT molecular complexity index is 800. The van der Waals surface area contributed by atoms with Gasteiger partial charge < -0.3 is 15.0 Å². The fraction of sp³-hybridized carbons (Fsp3) is 0.368. The summed E-state index contributed by atoms with van der Waals surface area (Å²) in [6.45, 7) is 4.00. The molecule has 1 aromatic carbocycles. The number of alkyl halides is 3. The highest BCUT2D eigenvalue weighted by molar-refractivity contribution is 6.44. The third-order valence-corrected chi connectivity index (χ3v) is 4.62. The van der Waals surface area contributed by atoms with Crippen molar-refractivity contribution in [1.29, 1.82) is 5.41 Å². The smallest absolute Gasteiger partial charge is 0.416 e. The second-order valence-corrected chi connectivity index (χ2v) is 6.88. The van der Waals surface area contributed by atoms with Crippen molar-refractivity contribution < 1.29 is 22.7 Å². The molecular formula is C19H21ClF3N3O2. The Kier molecular flexibility index (Phi) is 6.77. The van der Waals surface area contributed by atoms with Gasteiger partial charge in [-0.25, -0.2) is 4.79 Å². The fourth-order valence-electron chi connectivity index (χ4n) is 2.43. The molecule has 0 saturated heterocycles. The van der Waals surface area contributed by atoms with Gasteiger partial charge >= 0.3 is 12.1 Å². The van der Waals surface area contributed by atoms with E-state index in [1.165, 1.54) is 24.1 Å². The Morgan fingerprint density at radius 3 is 2.39 bits per heavy atom. The number of esters is 1. The van der Waals surface area contributed by atoms with E-state index < -0.39 is 17.7 Å². The minimum Gasteiger partial charge on any atom is -0.464 e. The van der Waals surface area contributed by atoms with Gasteiger partial charge in [-0.15, -0.1) is 0 Å². The molecule has 28 heavy (non-hydrogen) atoms. The molecule has 152 valence electrons. The van der Waals surface area contributed by atoms with Crippen LogP contribution in [0.25, 0.3) is 0 Å². The lowest BCUT2D eigenvalue weighted by Crippen LogP contribution is -2.31.